The lowest BCUT2D eigenvalue weighted by Gasteiger charge is -2.69. The van der Waals surface area contributed by atoms with Gasteiger partial charge >= 0.3 is 5.97 Å². The number of rotatable bonds is 8. The summed E-state index contributed by atoms with van der Waals surface area (Å²) in [6.07, 6.45) is 7.71. The van der Waals surface area contributed by atoms with Crippen LogP contribution in [-0.4, -0.2) is 53.5 Å². The summed E-state index contributed by atoms with van der Waals surface area (Å²) in [5.41, 5.74) is 8.01. The minimum Gasteiger partial charge on any atom is -0.458 e. The molecule has 0 aliphatic heterocycles. The largest absolute Gasteiger partial charge is 0.458 e. The van der Waals surface area contributed by atoms with Gasteiger partial charge in [0.1, 0.15) is 6.10 Å². The van der Waals surface area contributed by atoms with Crippen molar-refractivity contribution in [3.05, 3.63) is 22.8 Å². The Hall–Kier alpha value is -1.70. The summed E-state index contributed by atoms with van der Waals surface area (Å²) in [5, 5.41) is 25.9. The Balaban J connectivity index is 1.82. The standard InChI is InChI=1S/C34H56N2O5/c1-20(2)10-8-11-23(31(40)36-17-9-16-35)29-25-18-27(39)30-32(5)14-13-26(38)21(3)24(32)12-15-33(30,6)34(25,7)19-28(29)41-22(4)37/h10,21,24-28,30,38-39H,8-9,11-19,35H2,1-7H3,(H,36,40)/t21-,24?,25?,26+,27+,28-,30?,32-,33-,34-/m0/s1. The van der Waals surface area contributed by atoms with E-state index in [2.05, 4.69) is 52.9 Å². The van der Waals surface area contributed by atoms with Crippen LogP contribution in [0.1, 0.15) is 106 Å². The second kappa shape index (κ2) is 12.1. The molecule has 232 valence electrons. The zero-order valence-electron chi connectivity index (χ0n) is 26.6. The topological polar surface area (TPSA) is 122 Å². The SMILES string of the molecule is CC(=O)O[C@H]1C[C@@]2(C)C(C[C@@H](O)C3[C@@]4(C)CC[C@@H](O)[C@@H](C)C4CC[C@@]32C)C1=C(CCC=C(C)C)C(=O)NCCCN. The zero-order chi connectivity index (χ0) is 30.3. The number of aliphatic hydroxyl groups is 2. The average Bonchev–Trinajstić information content (AvgIpc) is 3.15. The number of fused-ring (bicyclic) bond motifs is 5. The highest BCUT2D eigenvalue weighted by Crippen LogP contribution is 2.74. The molecule has 4 saturated carbocycles. The Bertz CT molecular complexity index is 1070. The van der Waals surface area contributed by atoms with E-state index in [9.17, 15) is 19.8 Å². The van der Waals surface area contributed by atoms with Crippen molar-refractivity contribution in [3.8, 4) is 0 Å². The van der Waals surface area contributed by atoms with Crippen LogP contribution in [0.15, 0.2) is 22.8 Å². The normalized spacial score (nSPS) is 42.8. The smallest absolute Gasteiger partial charge is 0.303 e. The Kier molecular flexibility index (Phi) is 9.53. The first-order valence-corrected chi connectivity index (χ1v) is 16.1. The number of esters is 1. The van der Waals surface area contributed by atoms with Gasteiger partial charge in [0.15, 0.2) is 0 Å². The molecule has 4 aliphatic rings. The molecule has 10 atom stereocenters. The maximum Gasteiger partial charge on any atom is 0.303 e. The van der Waals surface area contributed by atoms with Crippen molar-refractivity contribution in [3.63, 3.8) is 0 Å². The minimum atomic E-state index is -0.529. The zero-order valence-corrected chi connectivity index (χ0v) is 26.6. The van der Waals surface area contributed by atoms with Crippen molar-refractivity contribution in [2.24, 2.45) is 45.7 Å². The van der Waals surface area contributed by atoms with Crippen LogP contribution >= 0.6 is 0 Å². The molecule has 0 spiro atoms. The minimum absolute atomic E-state index is 0.0585. The van der Waals surface area contributed by atoms with Gasteiger partial charge < -0.3 is 26.0 Å². The monoisotopic (exact) mass is 572 g/mol. The number of nitrogens with two attached hydrogens (primary N) is 1. The van der Waals surface area contributed by atoms with Crippen LogP contribution in [0, 0.1) is 39.9 Å². The number of ether oxygens (including phenoxy) is 1. The molecular formula is C34H56N2O5. The van der Waals surface area contributed by atoms with E-state index in [0.717, 1.165) is 37.7 Å². The molecule has 0 radical (unpaired) electrons. The van der Waals surface area contributed by atoms with Crippen molar-refractivity contribution >= 4 is 11.9 Å². The number of amides is 1. The first-order valence-electron chi connectivity index (χ1n) is 16.1. The van der Waals surface area contributed by atoms with Crippen molar-refractivity contribution in [2.45, 2.75) is 125 Å². The van der Waals surface area contributed by atoms with Gasteiger partial charge in [-0.2, -0.15) is 0 Å². The second-order valence-corrected chi connectivity index (χ2v) is 14.7. The van der Waals surface area contributed by atoms with Gasteiger partial charge in [-0.1, -0.05) is 39.3 Å². The van der Waals surface area contributed by atoms with Gasteiger partial charge in [0, 0.05) is 19.0 Å². The number of carbonyl (C=O) groups excluding carboxylic acids is 2. The third-order valence-electron chi connectivity index (χ3n) is 12.3. The Morgan fingerprint density at radius 1 is 1.07 bits per heavy atom. The van der Waals surface area contributed by atoms with Crippen LogP contribution in [-0.2, 0) is 14.3 Å². The Labute approximate surface area is 247 Å². The molecular weight excluding hydrogens is 516 g/mol. The van der Waals surface area contributed by atoms with Crippen molar-refractivity contribution < 1.29 is 24.5 Å². The molecule has 4 fully saturated rings. The summed E-state index contributed by atoms with van der Waals surface area (Å²) in [4.78, 5) is 26.2. The van der Waals surface area contributed by atoms with Crippen molar-refractivity contribution in [1.82, 2.24) is 5.32 Å². The molecule has 0 heterocycles. The molecule has 5 N–H and O–H groups in total. The van der Waals surface area contributed by atoms with Crippen LogP contribution in [0.2, 0.25) is 0 Å². The molecule has 3 unspecified atom stereocenters. The summed E-state index contributed by atoms with van der Waals surface area (Å²) in [5.74, 6) is 0.154. The quantitative estimate of drug-likeness (QED) is 0.140. The summed E-state index contributed by atoms with van der Waals surface area (Å²) < 4.78 is 6.06. The lowest BCUT2D eigenvalue weighted by Crippen LogP contribution is -2.65. The predicted octanol–water partition coefficient (Wildman–Crippen LogP) is 5.05. The van der Waals surface area contributed by atoms with Crippen molar-refractivity contribution in [1.29, 1.82) is 0 Å². The van der Waals surface area contributed by atoms with E-state index in [1.165, 1.54) is 12.5 Å². The fourth-order valence-corrected chi connectivity index (χ4v) is 10.2. The summed E-state index contributed by atoms with van der Waals surface area (Å²) in [6.45, 7) is 15.8. The van der Waals surface area contributed by atoms with Gasteiger partial charge in [-0.05, 0) is 124 Å². The molecule has 4 aliphatic carbocycles. The fourth-order valence-electron chi connectivity index (χ4n) is 10.2. The van der Waals surface area contributed by atoms with Crippen molar-refractivity contribution in [2.75, 3.05) is 13.1 Å². The maximum absolute atomic E-state index is 13.8. The van der Waals surface area contributed by atoms with Gasteiger partial charge in [-0.25, -0.2) is 0 Å². The molecule has 0 aromatic heterocycles. The first-order chi connectivity index (χ1) is 19.2. The Morgan fingerprint density at radius 3 is 2.41 bits per heavy atom. The van der Waals surface area contributed by atoms with Crippen LogP contribution in [0.3, 0.4) is 0 Å². The third kappa shape index (κ3) is 5.56. The summed E-state index contributed by atoms with van der Waals surface area (Å²) >= 11 is 0. The lowest BCUT2D eigenvalue weighted by molar-refractivity contribution is -0.234. The number of hydrogen-bond donors (Lipinski definition) is 4. The molecule has 41 heavy (non-hydrogen) atoms. The highest BCUT2D eigenvalue weighted by molar-refractivity contribution is 5.94. The van der Waals surface area contributed by atoms with Crippen LogP contribution in [0.25, 0.3) is 0 Å². The molecule has 7 heteroatoms. The van der Waals surface area contributed by atoms with Crippen LogP contribution in [0.4, 0.5) is 0 Å². The van der Waals surface area contributed by atoms with Gasteiger partial charge in [0.05, 0.1) is 12.2 Å². The maximum atomic E-state index is 13.8. The van der Waals surface area contributed by atoms with E-state index in [0.29, 0.717) is 50.3 Å². The van der Waals surface area contributed by atoms with E-state index in [1.807, 2.05) is 0 Å². The lowest BCUT2D eigenvalue weighted by atomic mass is 9.36. The van der Waals surface area contributed by atoms with Gasteiger partial charge in [0.25, 0.3) is 0 Å². The molecule has 0 aromatic rings. The fraction of sp³-hybridized carbons (Fsp3) is 0.824. The van der Waals surface area contributed by atoms with E-state index < -0.39 is 12.2 Å². The number of aliphatic hydroxyl groups excluding tert-OH is 2. The molecule has 1 amide bonds. The summed E-state index contributed by atoms with van der Waals surface area (Å²) in [7, 11) is 0. The number of allylic oxidation sites excluding steroid dienone is 2. The van der Waals surface area contributed by atoms with Gasteiger partial charge in [-0.15, -0.1) is 0 Å². The predicted molar refractivity (Wildman–Crippen MR) is 162 cm³/mol. The van der Waals surface area contributed by atoms with Crippen LogP contribution < -0.4 is 11.1 Å². The number of carbonyl (C=O) groups is 2. The third-order valence-corrected chi connectivity index (χ3v) is 12.3. The molecule has 4 rings (SSSR count). The van der Waals surface area contributed by atoms with E-state index >= 15 is 0 Å². The summed E-state index contributed by atoms with van der Waals surface area (Å²) in [6, 6.07) is 0. The molecule has 0 aromatic carbocycles. The Morgan fingerprint density at radius 2 is 1.78 bits per heavy atom. The van der Waals surface area contributed by atoms with Crippen LogP contribution in [0.5, 0.6) is 0 Å². The number of hydrogen-bond acceptors (Lipinski definition) is 6. The van der Waals surface area contributed by atoms with E-state index in [4.69, 9.17) is 10.5 Å². The van der Waals surface area contributed by atoms with Gasteiger partial charge in [-0.3, -0.25) is 9.59 Å². The van der Waals surface area contributed by atoms with E-state index in [1.54, 1.807) is 0 Å². The number of nitrogens with one attached hydrogen (secondary N) is 1. The molecule has 7 nitrogen and oxygen atoms in total. The average molecular weight is 573 g/mol. The van der Waals surface area contributed by atoms with Gasteiger partial charge in [0.2, 0.25) is 5.91 Å². The van der Waals surface area contributed by atoms with E-state index in [-0.39, 0.29) is 52.0 Å². The highest BCUT2D eigenvalue weighted by Gasteiger charge is 2.70. The molecule has 0 bridgehead atoms. The molecule has 0 saturated heterocycles. The second-order valence-electron chi connectivity index (χ2n) is 14.7. The highest BCUT2D eigenvalue weighted by atomic mass is 16.5. The first kappa shape index (κ1) is 32.2.